The minimum atomic E-state index is -2.47. The van der Waals surface area contributed by atoms with Gasteiger partial charge in [0, 0.05) is 30.4 Å². The molecule has 6 heteroatoms. The molecule has 2 aromatic rings. The fourth-order valence-corrected chi connectivity index (χ4v) is 5.35. The molecule has 6 nitrogen and oxygen atoms in total. The van der Waals surface area contributed by atoms with Crippen LogP contribution < -0.4 is 5.73 Å². The van der Waals surface area contributed by atoms with Crippen LogP contribution in [0.4, 0.5) is 0 Å². The van der Waals surface area contributed by atoms with Crippen molar-refractivity contribution in [3.8, 4) is 11.3 Å². The molecule has 5 rings (SSSR count). The second-order valence-electron chi connectivity index (χ2n) is 8.16. The van der Waals surface area contributed by atoms with Gasteiger partial charge in [-0.3, -0.25) is 9.97 Å². The molecule has 146 valence electrons. The summed E-state index contributed by atoms with van der Waals surface area (Å²) in [7, 11) is -2.47. The lowest BCUT2D eigenvalue weighted by Crippen LogP contribution is -2.48. The molecule has 0 amide bonds. The highest BCUT2D eigenvalue weighted by Gasteiger charge is 2.62. The lowest BCUT2D eigenvalue weighted by atomic mass is 9.59. The summed E-state index contributed by atoms with van der Waals surface area (Å²) in [6.07, 6.45) is 6.58. The smallest absolute Gasteiger partial charge is 0.283 e. The number of nitrogens with zero attached hydrogens (tertiary/aromatic N) is 3. The van der Waals surface area contributed by atoms with Gasteiger partial charge in [-0.2, -0.15) is 0 Å². The van der Waals surface area contributed by atoms with E-state index < -0.39 is 30.7 Å². The summed E-state index contributed by atoms with van der Waals surface area (Å²) < 4.78 is 51.1. The van der Waals surface area contributed by atoms with Crippen molar-refractivity contribution in [3.05, 3.63) is 47.9 Å². The van der Waals surface area contributed by atoms with Crippen LogP contribution in [0.2, 0.25) is 0 Å². The molecule has 2 aliphatic carbocycles. The molecule has 1 aliphatic heterocycles. The molecule has 28 heavy (non-hydrogen) atoms. The molecule has 2 spiro atoms. The quantitative estimate of drug-likeness (QED) is 0.862. The van der Waals surface area contributed by atoms with Crippen LogP contribution in [0.3, 0.4) is 0 Å². The molecule has 3 aliphatic rings. The van der Waals surface area contributed by atoms with E-state index in [0.717, 1.165) is 16.7 Å². The van der Waals surface area contributed by atoms with E-state index in [1.807, 2.05) is 25.1 Å². The van der Waals surface area contributed by atoms with Gasteiger partial charge in [0.05, 0.1) is 24.8 Å². The van der Waals surface area contributed by atoms with Gasteiger partial charge in [-0.05, 0) is 48.8 Å². The number of ether oxygens (including phenoxy) is 2. The van der Waals surface area contributed by atoms with E-state index >= 15 is 0 Å². The maximum absolute atomic E-state index is 8.89. The zero-order chi connectivity index (χ0) is 23.6. The van der Waals surface area contributed by atoms with Crippen LogP contribution >= 0.6 is 0 Å². The monoisotopic (exact) mass is 383 g/mol. The Morgan fingerprint density at radius 3 is 3.04 bits per heavy atom. The molecule has 1 saturated carbocycles. The molecule has 0 unspecified atom stereocenters. The number of hydrogen-bond donors (Lipinski definition) is 1. The van der Waals surface area contributed by atoms with Crippen molar-refractivity contribution in [1.29, 1.82) is 0 Å². The zero-order valence-corrected chi connectivity index (χ0v) is 15.7. The van der Waals surface area contributed by atoms with Gasteiger partial charge in [0.25, 0.3) is 6.02 Å². The summed E-state index contributed by atoms with van der Waals surface area (Å²) in [5.41, 5.74) is 7.19. The van der Waals surface area contributed by atoms with Gasteiger partial charge < -0.3 is 15.2 Å². The lowest BCUT2D eigenvalue weighted by molar-refractivity contribution is -0.0445. The van der Waals surface area contributed by atoms with Crippen molar-refractivity contribution in [2.24, 2.45) is 22.1 Å². The minimum Gasteiger partial charge on any atom is -0.462 e. The van der Waals surface area contributed by atoms with Crippen molar-refractivity contribution < 1.29 is 16.3 Å². The largest absolute Gasteiger partial charge is 0.462 e. The van der Waals surface area contributed by atoms with Crippen LogP contribution in [0.15, 0.2) is 41.8 Å². The summed E-state index contributed by atoms with van der Waals surface area (Å²) in [6, 6.07) is 5.70. The Hall–Kier alpha value is -2.47. The number of aliphatic imine (C=N–C) groups is 1. The molecule has 0 saturated heterocycles. The van der Waals surface area contributed by atoms with Gasteiger partial charge >= 0.3 is 0 Å². The van der Waals surface area contributed by atoms with Gasteiger partial charge in [-0.1, -0.05) is 19.1 Å². The Bertz CT molecular complexity index is 1110. The van der Waals surface area contributed by atoms with Crippen LogP contribution in [0.25, 0.3) is 11.3 Å². The Labute approximate surface area is 172 Å². The number of benzene rings is 1. The third-order valence-electron chi connectivity index (χ3n) is 6.64. The normalized spacial score (nSPS) is 38.6. The van der Waals surface area contributed by atoms with Crippen LogP contribution in [-0.2, 0) is 21.4 Å². The standard InChI is InChI=1S/C22H26N4O2/c1-14-10-21(6-5-19(14)27-2)11-16-4-3-15(18-12-24-7-8-25-18)9-17(16)22(21)13-28-20(23)26-22/h3-4,7-9,12,14,19H,5-6,10-11,13H2,1-2H3,(H2,23,26)/t14-,19-,21-,22-/m1/s1/i2D3,13D2. The minimum absolute atomic E-state index is 0.113. The second kappa shape index (κ2) is 6.27. The van der Waals surface area contributed by atoms with Gasteiger partial charge in [-0.15, -0.1) is 0 Å². The molecule has 1 fully saturated rings. The van der Waals surface area contributed by atoms with E-state index in [4.69, 9.17) is 22.1 Å². The van der Waals surface area contributed by atoms with Gasteiger partial charge in [0.1, 0.15) is 12.1 Å². The number of fused-ring (bicyclic) bond motifs is 3. The summed E-state index contributed by atoms with van der Waals surface area (Å²) >= 11 is 0. The fourth-order valence-electron chi connectivity index (χ4n) is 5.35. The molecule has 2 heterocycles. The number of rotatable bonds is 2. The maximum atomic E-state index is 8.89. The summed E-state index contributed by atoms with van der Waals surface area (Å²) in [4.78, 5) is 13.2. The van der Waals surface area contributed by atoms with Crippen LogP contribution in [0.5, 0.6) is 0 Å². The van der Waals surface area contributed by atoms with E-state index in [9.17, 15) is 0 Å². The van der Waals surface area contributed by atoms with E-state index in [1.54, 1.807) is 18.6 Å². The highest BCUT2D eigenvalue weighted by Crippen LogP contribution is 2.62. The third kappa shape index (κ3) is 2.40. The first-order valence-electron chi connectivity index (χ1n) is 12.1. The van der Waals surface area contributed by atoms with E-state index in [1.165, 1.54) is 0 Å². The molecular weight excluding hydrogens is 352 g/mol. The Balaban J connectivity index is 1.62. The average Bonchev–Trinajstić information content (AvgIpc) is 3.14. The summed E-state index contributed by atoms with van der Waals surface area (Å²) in [5, 5.41) is 0. The first-order chi connectivity index (χ1) is 15.5. The molecule has 0 radical (unpaired) electrons. The van der Waals surface area contributed by atoms with Crippen LogP contribution in [0, 0.1) is 11.3 Å². The topological polar surface area (TPSA) is 82.6 Å². The molecule has 1 aromatic carbocycles. The molecule has 4 atom stereocenters. The zero-order valence-electron chi connectivity index (χ0n) is 20.7. The summed E-state index contributed by atoms with van der Waals surface area (Å²) in [6.45, 7) is -0.210. The Morgan fingerprint density at radius 2 is 2.32 bits per heavy atom. The third-order valence-corrected chi connectivity index (χ3v) is 6.64. The number of methoxy groups -OCH3 is 1. The van der Waals surface area contributed by atoms with Crippen molar-refractivity contribution in [2.75, 3.05) is 13.6 Å². The number of aromatic nitrogens is 2. The number of nitrogens with two attached hydrogens (primary N) is 1. The van der Waals surface area contributed by atoms with Crippen molar-refractivity contribution >= 4 is 6.02 Å². The Morgan fingerprint density at radius 1 is 1.39 bits per heavy atom. The van der Waals surface area contributed by atoms with E-state index in [0.29, 0.717) is 31.4 Å². The second-order valence-corrected chi connectivity index (χ2v) is 8.16. The molecule has 2 N–H and O–H groups in total. The SMILES string of the molecule is [2H]C([2H])([2H])O[C@@H]1CC[C@]2(Cc3ccc(-c4cnccn4)cc3[C@@]23N=C(N)OC3([2H])[2H])C[C@H]1C. The predicted octanol–water partition coefficient (Wildman–Crippen LogP) is 3.06. The highest BCUT2D eigenvalue weighted by molar-refractivity contribution is 5.75. The molecule has 1 aromatic heterocycles. The summed E-state index contributed by atoms with van der Waals surface area (Å²) in [5.74, 6) is -0.113. The average molecular weight is 384 g/mol. The lowest BCUT2D eigenvalue weighted by Gasteiger charge is -2.47. The number of hydrogen-bond acceptors (Lipinski definition) is 6. The van der Waals surface area contributed by atoms with Crippen LogP contribution in [-0.4, -0.2) is 35.7 Å². The van der Waals surface area contributed by atoms with Crippen molar-refractivity contribution in [2.45, 2.75) is 44.2 Å². The fraction of sp³-hybridized carbons (Fsp3) is 0.500. The first-order valence-corrected chi connectivity index (χ1v) is 9.58. The van der Waals surface area contributed by atoms with Crippen LogP contribution in [0.1, 0.15) is 44.2 Å². The van der Waals surface area contributed by atoms with E-state index in [2.05, 4.69) is 15.0 Å². The first kappa shape index (κ1) is 12.9. The van der Waals surface area contributed by atoms with Gasteiger partial charge in [0.15, 0.2) is 0 Å². The highest BCUT2D eigenvalue weighted by atomic mass is 16.5. The molecule has 0 bridgehead atoms. The maximum Gasteiger partial charge on any atom is 0.283 e. The van der Waals surface area contributed by atoms with Crippen molar-refractivity contribution in [3.63, 3.8) is 0 Å². The Kier molecular flexibility index (Phi) is 2.89. The van der Waals surface area contributed by atoms with E-state index in [-0.39, 0.29) is 11.9 Å². The van der Waals surface area contributed by atoms with Gasteiger partial charge in [0.2, 0.25) is 0 Å². The number of amidine groups is 1. The van der Waals surface area contributed by atoms with Gasteiger partial charge in [-0.25, -0.2) is 4.99 Å². The predicted molar refractivity (Wildman–Crippen MR) is 107 cm³/mol. The van der Waals surface area contributed by atoms with Crippen molar-refractivity contribution in [1.82, 2.24) is 9.97 Å². The molecular formula is C22H26N4O2.